The van der Waals surface area contributed by atoms with Gasteiger partial charge < -0.3 is 9.64 Å². The molecule has 23 heavy (non-hydrogen) atoms. The van der Waals surface area contributed by atoms with Crippen molar-refractivity contribution in [1.82, 2.24) is 9.88 Å². The Labute approximate surface area is 133 Å². The van der Waals surface area contributed by atoms with Gasteiger partial charge in [-0.25, -0.2) is 13.8 Å². The number of carbonyl (C=O) groups is 1. The normalized spacial score (nSPS) is 11.9. The van der Waals surface area contributed by atoms with Gasteiger partial charge in [0.05, 0.1) is 18.2 Å². The number of nitrogens with zero attached hydrogens (tertiary/aromatic N) is 2. The number of hydrogen-bond acceptors (Lipinski definition) is 3. The third-order valence-corrected chi connectivity index (χ3v) is 3.60. The van der Waals surface area contributed by atoms with Gasteiger partial charge in [-0.05, 0) is 37.6 Å². The molecular formula is C17H18F2N2O2. The fourth-order valence-corrected chi connectivity index (χ4v) is 2.12. The summed E-state index contributed by atoms with van der Waals surface area (Å²) >= 11 is 0. The summed E-state index contributed by atoms with van der Waals surface area (Å²) in [5, 5.41) is 0. The van der Waals surface area contributed by atoms with Gasteiger partial charge in [0.2, 0.25) is 5.88 Å². The molecule has 1 aromatic carbocycles. The van der Waals surface area contributed by atoms with Gasteiger partial charge in [0, 0.05) is 19.3 Å². The highest BCUT2D eigenvalue weighted by molar-refractivity contribution is 5.94. The molecule has 0 radical (unpaired) electrons. The topological polar surface area (TPSA) is 42.4 Å². The molecule has 1 heterocycles. The van der Waals surface area contributed by atoms with Crippen molar-refractivity contribution in [1.29, 1.82) is 0 Å². The van der Waals surface area contributed by atoms with Gasteiger partial charge >= 0.3 is 0 Å². The van der Waals surface area contributed by atoms with Gasteiger partial charge in [-0.1, -0.05) is 6.07 Å². The van der Waals surface area contributed by atoms with Crippen LogP contribution in [-0.2, 0) is 0 Å². The molecule has 6 heteroatoms. The summed E-state index contributed by atoms with van der Waals surface area (Å²) < 4.78 is 31.6. The minimum atomic E-state index is -0.932. The third-order valence-electron chi connectivity index (χ3n) is 3.60. The van der Waals surface area contributed by atoms with Crippen LogP contribution in [0.3, 0.4) is 0 Å². The summed E-state index contributed by atoms with van der Waals surface area (Å²) in [6.45, 7) is 4.08. The second-order valence-electron chi connectivity index (χ2n) is 5.08. The van der Waals surface area contributed by atoms with Crippen LogP contribution < -0.4 is 4.74 Å². The number of halogens is 2. The molecule has 0 bridgehead atoms. The number of pyridine rings is 1. The monoisotopic (exact) mass is 320 g/mol. The maximum atomic E-state index is 13.3. The molecule has 0 saturated carbocycles. The van der Waals surface area contributed by atoms with Gasteiger partial charge in [0.1, 0.15) is 0 Å². The molecule has 0 N–H and O–H groups in total. The summed E-state index contributed by atoms with van der Waals surface area (Å²) in [6, 6.07) is 6.44. The smallest absolute Gasteiger partial charge is 0.255 e. The van der Waals surface area contributed by atoms with Crippen molar-refractivity contribution in [2.45, 2.75) is 19.9 Å². The van der Waals surface area contributed by atoms with E-state index in [1.54, 1.807) is 26.1 Å². The van der Waals surface area contributed by atoms with Crippen molar-refractivity contribution < 1.29 is 18.3 Å². The van der Waals surface area contributed by atoms with E-state index in [0.717, 1.165) is 12.1 Å². The molecule has 0 saturated heterocycles. The maximum Gasteiger partial charge on any atom is 0.255 e. The molecule has 1 atom stereocenters. The van der Waals surface area contributed by atoms with Gasteiger partial charge in [0.25, 0.3) is 5.91 Å². The van der Waals surface area contributed by atoms with Crippen molar-refractivity contribution in [3.05, 3.63) is 59.3 Å². The Balaban J connectivity index is 2.15. The molecule has 0 spiro atoms. The maximum absolute atomic E-state index is 13.3. The molecule has 0 aliphatic carbocycles. The Bertz CT molecular complexity index is 689. The van der Waals surface area contributed by atoms with Crippen molar-refractivity contribution in [3.63, 3.8) is 0 Å². The molecule has 0 aliphatic rings. The second kappa shape index (κ2) is 7.17. The van der Waals surface area contributed by atoms with E-state index in [4.69, 9.17) is 4.74 Å². The van der Waals surface area contributed by atoms with Crippen LogP contribution in [0.1, 0.15) is 35.8 Å². The molecule has 1 aromatic heterocycles. The molecule has 2 aromatic rings. The number of hydrogen-bond donors (Lipinski definition) is 0. The first-order valence-electron chi connectivity index (χ1n) is 7.25. The lowest BCUT2D eigenvalue weighted by atomic mass is 10.1. The zero-order chi connectivity index (χ0) is 17.0. The van der Waals surface area contributed by atoms with Crippen LogP contribution >= 0.6 is 0 Å². The summed E-state index contributed by atoms with van der Waals surface area (Å²) in [5.74, 6) is -1.67. The Morgan fingerprint density at radius 3 is 2.57 bits per heavy atom. The number of carbonyl (C=O) groups excluding carboxylic acids is 1. The van der Waals surface area contributed by atoms with Crippen molar-refractivity contribution in [2.24, 2.45) is 0 Å². The second-order valence-corrected chi connectivity index (χ2v) is 5.08. The third kappa shape index (κ3) is 3.83. The highest BCUT2D eigenvalue weighted by atomic mass is 19.2. The van der Waals surface area contributed by atoms with E-state index >= 15 is 0 Å². The molecule has 0 aliphatic heterocycles. The lowest BCUT2D eigenvalue weighted by Crippen LogP contribution is -2.29. The van der Waals surface area contributed by atoms with Crippen LogP contribution in [0, 0.1) is 11.6 Å². The van der Waals surface area contributed by atoms with Gasteiger partial charge in [0.15, 0.2) is 11.6 Å². The van der Waals surface area contributed by atoms with Crippen LogP contribution in [0.15, 0.2) is 36.5 Å². The predicted octanol–water partition coefficient (Wildman–Crippen LogP) is 3.59. The Hall–Kier alpha value is -2.50. The van der Waals surface area contributed by atoms with E-state index < -0.39 is 17.7 Å². The van der Waals surface area contributed by atoms with Crippen molar-refractivity contribution in [2.75, 3.05) is 13.7 Å². The first kappa shape index (κ1) is 16.9. The van der Waals surface area contributed by atoms with E-state index in [9.17, 15) is 13.6 Å². The minimum Gasteiger partial charge on any atom is -0.478 e. The highest BCUT2D eigenvalue weighted by Crippen LogP contribution is 2.22. The number of ether oxygens (including phenoxy) is 1. The molecular weight excluding hydrogens is 302 g/mol. The Kier molecular flexibility index (Phi) is 5.26. The zero-order valence-corrected chi connectivity index (χ0v) is 13.2. The van der Waals surface area contributed by atoms with E-state index in [-0.39, 0.29) is 5.91 Å². The quantitative estimate of drug-likeness (QED) is 0.845. The first-order chi connectivity index (χ1) is 10.9. The lowest BCUT2D eigenvalue weighted by Gasteiger charge is -2.25. The summed E-state index contributed by atoms with van der Waals surface area (Å²) in [5.41, 5.74) is 0.907. The fraction of sp³-hybridized carbons (Fsp3) is 0.294. The molecule has 1 unspecified atom stereocenters. The molecule has 4 nitrogen and oxygen atoms in total. The largest absolute Gasteiger partial charge is 0.478 e. The number of aromatic nitrogens is 1. The van der Waals surface area contributed by atoms with Crippen LogP contribution in [0.2, 0.25) is 0 Å². The van der Waals surface area contributed by atoms with Crippen LogP contribution in [-0.4, -0.2) is 29.4 Å². The molecule has 1 amide bonds. The summed E-state index contributed by atoms with van der Waals surface area (Å²) in [6.07, 6.45) is 1.43. The van der Waals surface area contributed by atoms with E-state index in [0.29, 0.717) is 23.6 Å². The van der Waals surface area contributed by atoms with Crippen LogP contribution in [0.4, 0.5) is 8.78 Å². The van der Waals surface area contributed by atoms with Crippen molar-refractivity contribution >= 4 is 5.91 Å². The average molecular weight is 320 g/mol. The number of rotatable bonds is 5. The van der Waals surface area contributed by atoms with Crippen molar-refractivity contribution in [3.8, 4) is 5.88 Å². The lowest BCUT2D eigenvalue weighted by molar-refractivity contribution is 0.0742. The summed E-state index contributed by atoms with van der Waals surface area (Å²) in [4.78, 5) is 18.0. The van der Waals surface area contributed by atoms with Crippen LogP contribution in [0.25, 0.3) is 0 Å². The SMILES string of the molecule is CCOc1ccc(C(=O)N(C)C(C)c2ccc(F)c(F)c2)cn1. The predicted molar refractivity (Wildman–Crippen MR) is 82.3 cm³/mol. The Morgan fingerprint density at radius 1 is 1.26 bits per heavy atom. The minimum absolute atomic E-state index is 0.266. The van der Waals surface area contributed by atoms with Gasteiger partial charge in [-0.3, -0.25) is 4.79 Å². The first-order valence-corrected chi connectivity index (χ1v) is 7.25. The van der Waals surface area contributed by atoms with Gasteiger partial charge in [-0.15, -0.1) is 0 Å². The van der Waals surface area contributed by atoms with Gasteiger partial charge in [-0.2, -0.15) is 0 Å². The fourth-order valence-electron chi connectivity index (χ4n) is 2.12. The van der Waals surface area contributed by atoms with E-state index in [1.165, 1.54) is 17.2 Å². The standard InChI is InChI=1S/C17H18F2N2O2/c1-4-23-16-8-6-13(10-20-16)17(22)21(3)11(2)12-5-7-14(18)15(19)9-12/h5-11H,4H2,1-3H3. The highest BCUT2D eigenvalue weighted by Gasteiger charge is 2.20. The molecule has 0 fully saturated rings. The number of benzene rings is 1. The number of amides is 1. The average Bonchev–Trinajstić information content (AvgIpc) is 2.56. The van der Waals surface area contributed by atoms with Crippen LogP contribution in [0.5, 0.6) is 5.88 Å². The van der Waals surface area contributed by atoms with E-state index in [2.05, 4.69) is 4.98 Å². The van der Waals surface area contributed by atoms with E-state index in [1.807, 2.05) is 6.92 Å². The Morgan fingerprint density at radius 2 is 2.00 bits per heavy atom. The molecule has 2 rings (SSSR count). The zero-order valence-electron chi connectivity index (χ0n) is 13.2. The molecule has 122 valence electrons. The summed E-state index contributed by atoms with van der Waals surface area (Å²) in [7, 11) is 1.60.